The van der Waals surface area contributed by atoms with E-state index in [-0.39, 0.29) is 5.91 Å². The molecule has 2 heterocycles. The Morgan fingerprint density at radius 2 is 1.96 bits per heavy atom. The van der Waals surface area contributed by atoms with Crippen LogP contribution >= 0.6 is 11.5 Å². The van der Waals surface area contributed by atoms with Gasteiger partial charge in [-0.15, -0.1) is 5.10 Å². The molecule has 1 aromatic carbocycles. The fourth-order valence-corrected chi connectivity index (χ4v) is 3.50. The van der Waals surface area contributed by atoms with E-state index in [1.165, 1.54) is 17.1 Å². The normalized spacial score (nSPS) is 16.0. The molecule has 1 saturated heterocycles. The lowest BCUT2D eigenvalue weighted by molar-refractivity contribution is 0.0654. The first kappa shape index (κ1) is 16.8. The van der Waals surface area contributed by atoms with Gasteiger partial charge in [0.25, 0.3) is 5.91 Å². The van der Waals surface area contributed by atoms with Crippen LogP contribution in [-0.4, -0.2) is 58.0 Å². The highest BCUT2D eigenvalue weighted by atomic mass is 32.1. The number of carbonyl (C=O) groups is 1. The average Bonchev–Trinajstić information content (AvgIpc) is 3.11. The molecule has 3 rings (SSSR count). The maximum atomic E-state index is 12.6. The van der Waals surface area contributed by atoms with Gasteiger partial charge in [-0.25, -0.2) is 0 Å². The maximum absolute atomic E-state index is 12.6. The number of piperazine rings is 1. The molecule has 1 aliphatic heterocycles. The summed E-state index contributed by atoms with van der Waals surface area (Å²) in [6.07, 6.45) is 5.09. The molecule has 0 radical (unpaired) electrons. The van der Waals surface area contributed by atoms with Crippen molar-refractivity contribution in [2.24, 2.45) is 0 Å². The van der Waals surface area contributed by atoms with Gasteiger partial charge in [0.1, 0.15) is 4.88 Å². The van der Waals surface area contributed by atoms with Crippen molar-refractivity contribution in [2.75, 3.05) is 32.7 Å². The number of benzene rings is 1. The Kier molecular flexibility index (Phi) is 5.72. The minimum atomic E-state index is 0.0846. The highest BCUT2D eigenvalue weighted by Gasteiger charge is 2.25. The zero-order valence-corrected chi connectivity index (χ0v) is 14.7. The smallest absolute Gasteiger partial charge is 0.267 e. The van der Waals surface area contributed by atoms with Crippen LogP contribution in [0, 0.1) is 0 Å². The summed E-state index contributed by atoms with van der Waals surface area (Å²) in [5.41, 5.74) is 2.04. The second kappa shape index (κ2) is 8.17. The van der Waals surface area contributed by atoms with Crippen LogP contribution in [-0.2, 0) is 6.42 Å². The van der Waals surface area contributed by atoms with Gasteiger partial charge in [-0.2, -0.15) is 0 Å². The third kappa shape index (κ3) is 4.07. The first-order valence-electron chi connectivity index (χ1n) is 8.32. The number of carbonyl (C=O) groups excluding carboxylic acids is 1. The summed E-state index contributed by atoms with van der Waals surface area (Å²) in [5.74, 6) is 0.0846. The third-order valence-electron chi connectivity index (χ3n) is 4.22. The van der Waals surface area contributed by atoms with Gasteiger partial charge in [-0.1, -0.05) is 53.9 Å². The lowest BCUT2D eigenvalue weighted by atomic mass is 10.2. The van der Waals surface area contributed by atoms with E-state index in [9.17, 15) is 4.79 Å². The van der Waals surface area contributed by atoms with E-state index in [1.54, 1.807) is 0 Å². The van der Waals surface area contributed by atoms with Crippen LogP contribution in [0.4, 0.5) is 0 Å². The molecule has 5 nitrogen and oxygen atoms in total. The fourth-order valence-electron chi connectivity index (χ4n) is 2.78. The molecule has 6 heteroatoms. The average molecular weight is 342 g/mol. The Labute approximate surface area is 146 Å². The molecule has 0 aliphatic carbocycles. The number of rotatable bonds is 5. The molecule has 0 spiro atoms. The molecule has 2 aromatic rings. The van der Waals surface area contributed by atoms with Gasteiger partial charge in [0.15, 0.2) is 0 Å². The Morgan fingerprint density at radius 3 is 2.67 bits per heavy atom. The summed E-state index contributed by atoms with van der Waals surface area (Å²) in [4.78, 5) is 17.6. The van der Waals surface area contributed by atoms with Crippen LogP contribution in [0.5, 0.6) is 0 Å². The monoisotopic (exact) mass is 342 g/mol. The zero-order valence-electron chi connectivity index (χ0n) is 13.9. The summed E-state index contributed by atoms with van der Waals surface area (Å²) >= 11 is 1.21. The standard InChI is InChI=1S/C18H22N4OS/c1-2-16-17(24-20-19-16)18(23)22-13-11-21(12-14-22)10-6-9-15-7-4-3-5-8-15/h3-9H,2,10-14H2,1H3. The third-order valence-corrected chi connectivity index (χ3v) is 4.97. The highest BCUT2D eigenvalue weighted by molar-refractivity contribution is 7.08. The number of aromatic nitrogens is 2. The van der Waals surface area contributed by atoms with Crippen molar-refractivity contribution >= 4 is 23.5 Å². The van der Waals surface area contributed by atoms with Crippen molar-refractivity contribution in [2.45, 2.75) is 13.3 Å². The Hall–Kier alpha value is -2.05. The van der Waals surface area contributed by atoms with E-state index in [2.05, 4.69) is 38.8 Å². The number of nitrogens with zero attached hydrogens (tertiary/aromatic N) is 4. The van der Waals surface area contributed by atoms with Gasteiger partial charge < -0.3 is 4.90 Å². The van der Waals surface area contributed by atoms with Crippen molar-refractivity contribution in [3.63, 3.8) is 0 Å². The predicted octanol–water partition coefficient (Wildman–Crippen LogP) is 2.57. The van der Waals surface area contributed by atoms with Crippen molar-refractivity contribution in [3.05, 3.63) is 52.5 Å². The SMILES string of the molecule is CCc1nnsc1C(=O)N1CCN(CC=Cc2ccccc2)CC1. The van der Waals surface area contributed by atoms with Crippen molar-refractivity contribution in [1.29, 1.82) is 0 Å². The fraction of sp³-hybridized carbons (Fsp3) is 0.389. The van der Waals surface area contributed by atoms with Crippen molar-refractivity contribution in [1.82, 2.24) is 19.4 Å². The molecule has 126 valence electrons. The molecule has 0 unspecified atom stereocenters. The Morgan fingerprint density at radius 1 is 1.21 bits per heavy atom. The van der Waals surface area contributed by atoms with Crippen LogP contribution < -0.4 is 0 Å². The van der Waals surface area contributed by atoms with Crippen LogP contribution in [0.2, 0.25) is 0 Å². The summed E-state index contributed by atoms with van der Waals surface area (Å²) < 4.78 is 3.92. The lowest BCUT2D eigenvalue weighted by Crippen LogP contribution is -2.48. The topological polar surface area (TPSA) is 49.3 Å². The first-order valence-corrected chi connectivity index (χ1v) is 9.09. The van der Waals surface area contributed by atoms with Gasteiger partial charge in [0, 0.05) is 32.7 Å². The van der Waals surface area contributed by atoms with Crippen LogP contribution in [0.3, 0.4) is 0 Å². The quantitative estimate of drug-likeness (QED) is 0.838. The van der Waals surface area contributed by atoms with Gasteiger partial charge in [-0.05, 0) is 23.5 Å². The summed E-state index contributed by atoms with van der Waals surface area (Å²) in [5, 5.41) is 4.04. The minimum absolute atomic E-state index is 0.0846. The van der Waals surface area contributed by atoms with Crippen LogP contribution in [0.25, 0.3) is 6.08 Å². The Bertz CT molecular complexity index is 690. The van der Waals surface area contributed by atoms with Gasteiger partial charge >= 0.3 is 0 Å². The second-order valence-electron chi connectivity index (χ2n) is 5.81. The predicted molar refractivity (Wildman–Crippen MR) is 97.1 cm³/mol. The van der Waals surface area contributed by atoms with Crippen molar-refractivity contribution < 1.29 is 4.79 Å². The van der Waals surface area contributed by atoms with Crippen LogP contribution in [0.1, 0.15) is 27.9 Å². The van der Waals surface area contributed by atoms with Crippen molar-refractivity contribution in [3.8, 4) is 0 Å². The summed E-state index contributed by atoms with van der Waals surface area (Å²) in [6, 6.07) is 10.3. The van der Waals surface area contributed by atoms with E-state index >= 15 is 0 Å². The highest BCUT2D eigenvalue weighted by Crippen LogP contribution is 2.16. The van der Waals surface area contributed by atoms with Gasteiger partial charge in [0.05, 0.1) is 5.69 Å². The molecule has 1 aliphatic rings. The molecule has 0 atom stereocenters. The molecule has 0 saturated carbocycles. The number of amides is 1. The van der Waals surface area contributed by atoms with E-state index in [4.69, 9.17) is 0 Å². The number of aryl methyl sites for hydroxylation is 1. The molecular formula is C18H22N4OS. The minimum Gasteiger partial charge on any atom is -0.335 e. The molecule has 1 fully saturated rings. The lowest BCUT2D eigenvalue weighted by Gasteiger charge is -2.33. The number of hydrogen-bond acceptors (Lipinski definition) is 5. The molecule has 24 heavy (non-hydrogen) atoms. The zero-order chi connectivity index (χ0) is 16.8. The van der Waals surface area contributed by atoms with E-state index in [0.717, 1.165) is 44.8 Å². The molecule has 1 amide bonds. The second-order valence-corrected chi connectivity index (χ2v) is 6.56. The molecule has 0 bridgehead atoms. The Balaban J connectivity index is 1.49. The van der Waals surface area contributed by atoms with E-state index < -0.39 is 0 Å². The molecule has 1 aromatic heterocycles. The summed E-state index contributed by atoms with van der Waals surface area (Å²) in [7, 11) is 0. The van der Waals surface area contributed by atoms with E-state index in [0.29, 0.717) is 4.88 Å². The molecule has 0 N–H and O–H groups in total. The maximum Gasteiger partial charge on any atom is 0.267 e. The largest absolute Gasteiger partial charge is 0.335 e. The number of hydrogen-bond donors (Lipinski definition) is 0. The van der Waals surface area contributed by atoms with Crippen LogP contribution in [0.15, 0.2) is 36.4 Å². The van der Waals surface area contributed by atoms with Gasteiger partial charge in [-0.3, -0.25) is 9.69 Å². The first-order chi connectivity index (χ1) is 11.8. The molecular weight excluding hydrogens is 320 g/mol. The summed E-state index contributed by atoms with van der Waals surface area (Å²) in [6.45, 7) is 6.25. The van der Waals surface area contributed by atoms with E-state index in [1.807, 2.05) is 30.0 Å². The van der Waals surface area contributed by atoms with Gasteiger partial charge in [0.2, 0.25) is 0 Å².